The van der Waals surface area contributed by atoms with Gasteiger partial charge in [-0.3, -0.25) is 0 Å². The lowest BCUT2D eigenvalue weighted by atomic mass is 9.73. The van der Waals surface area contributed by atoms with Crippen LogP contribution in [0.4, 0.5) is 0 Å². The minimum absolute atomic E-state index is 0.00738. The zero-order valence-corrected chi connectivity index (χ0v) is 10.9. The van der Waals surface area contributed by atoms with E-state index in [0.29, 0.717) is 0 Å². The summed E-state index contributed by atoms with van der Waals surface area (Å²) in [5, 5.41) is 0. The fraction of sp³-hybridized carbons (Fsp3) is 1.00. The van der Waals surface area contributed by atoms with Gasteiger partial charge in [0.25, 0.3) is 0 Å². The molecule has 0 radical (unpaired) electrons. The molecule has 2 heteroatoms. The molecule has 0 aromatic heterocycles. The van der Waals surface area contributed by atoms with Gasteiger partial charge in [0.1, 0.15) is 0 Å². The van der Waals surface area contributed by atoms with E-state index in [4.69, 9.17) is 10.5 Å². The van der Waals surface area contributed by atoms with Gasteiger partial charge in [-0.15, -0.1) is 0 Å². The number of hydrogen-bond acceptors (Lipinski definition) is 2. The van der Waals surface area contributed by atoms with Gasteiger partial charge in [0.15, 0.2) is 0 Å². The summed E-state index contributed by atoms with van der Waals surface area (Å²) < 4.78 is 5.84. The minimum Gasteiger partial charge on any atom is -0.377 e. The summed E-state index contributed by atoms with van der Waals surface area (Å²) in [5.41, 5.74) is 6.40. The van der Waals surface area contributed by atoms with E-state index in [0.717, 1.165) is 24.7 Å². The van der Waals surface area contributed by atoms with Gasteiger partial charge in [-0.05, 0) is 37.5 Å². The summed E-state index contributed by atoms with van der Waals surface area (Å²) in [6, 6.07) is 0.251. The van der Waals surface area contributed by atoms with E-state index in [9.17, 15) is 0 Å². The van der Waals surface area contributed by atoms with Crippen molar-refractivity contribution < 1.29 is 4.74 Å². The largest absolute Gasteiger partial charge is 0.377 e. The van der Waals surface area contributed by atoms with Crippen molar-refractivity contribution in [2.75, 3.05) is 7.11 Å². The SMILES string of the molecule is COC1(C(N)CCC2CC2)CCCC(C)C1. The molecular formula is C14H27NO. The maximum Gasteiger partial charge on any atom is 0.0831 e. The summed E-state index contributed by atoms with van der Waals surface area (Å²) in [6.45, 7) is 2.33. The Bertz CT molecular complexity index is 227. The van der Waals surface area contributed by atoms with E-state index in [1.807, 2.05) is 7.11 Å². The van der Waals surface area contributed by atoms with Crippen molar-refractivity contribution in [1.82, 2.24) is 0 Å². The number of ether oxygens (including phenoxy) is 1. The highest BCUT2D eigenvalue weighted by Gasteiger charge is 2.40. The predicted octanol–water partition coefficient (Wildman–Crippen LogP) is 3.10. The molecular weight excluding hydrogens is 198 g/mol. The van der Waals surface area contributed by atoms with Crippen molar-refractivity contribution in [2.45, 2.75) is 69.9 Å². The summed E-state index contributed by atoms with van der Waals surface area (Å²) >= 11 is 0. The second-order valence-electron chi connectivity index (χ2n) is 6.10. The van der Waals surface area contributed by atoms with Crippen molar-refractivity contribution in [3.63, 3.8) is 0 Å². The lowest BCUT2D eigenvalue weighted by Gasteiger charge is -2.43. The Morgan fingerprint density at radius 3 is 2.69 bits per heavy atom. The fourth-order valence-electron chi connectivity index (χ4n) is 3.30. The monoisotopic (exact) mass is 225 g/mol. The fourth-order valence-corrected chi connectivity index (χ4v) is 3.30. The van der Waals surface area contributed by atoms with Crippen LogP contribution in [0.1, 0.15) is 58.3 Å². The van der Waals surface area contributed by atoms with E-state index in [1.165, 1.54) is 38.5 Å². The molecule has 0 amide bonds. The highest BCUT2D eigenvalue weighted by molar-refractivity contribution is 4.95. The Kier molecular flexibility index (Phi) is 3.91. The van der Waals surface area contributed by atoms with E-state index in [2.05, 4.69) is 6.92 Å². The third-order valence-electron chi connectivity index (χ3n) is 4.66. The number of rotatable bonds is 5. The molecule has 2 fully saturated rings. The van der Waals surface area contributed by atoms with Crippen LogP contribution in [0, 0.1) is 11.8 Å². The van der Waals surface area contributed by atoms with E-state index < -0.39 is 0 Å². The molecule has 2 N–H and O–H groups in total. The van der Waals surface area contributed by atoms with Gasteiger partial charge in [0.05, 0.1) is 5.60 Å². The number of methoxy groups -OCH3 is 1. The summed E-state index contributed by atoms with van der Waals surface area (Å²) in [7, 11) is 1.86. The topological polar surface area (TPSA) is 35.2 Å². The molecule has 94 valence electrons. The van der Waals surface area contributed by atoms with Crippen LogP contribution in [0.15, 0.2) is 0 Å². The van der Waals surface area contributed by atoms with Crippen LogP contribution in [0.25, 0.3) is 0 Å². The molecule has 2 saturated carbocycles. The summed E-state index contributed by atoms with van der Waals surface area (Å²) in [4.78, 5) is 0. The van der Waals surface area contributed by atoms with E-state index in [-0.39, 0.29) is 11.6 Å². The van der Waals surface area contributed by atoms with Crippen molar-refractivity contribution >= 4 is 0 Å². The second-order valence-corrected chi connectivity index (χ2v) is 6.10. The average Bonchev–Trinajstić information content (AvgIpc) is 3.09. The molecule has 2 aliphatic carbocycles. The first-order valence-electron chi connectivity index (χ1n) is 6.97. The molecule has 0 bridgehead atoms. The first kappa shape index (κ1) is 12.4. The molecule has 2 aliphatic rings. The molecule has 3 atom stereocenters. The van der Waals surface area contributed by atoms with Gasteiger partial charge in [0, 0.05) is 13.2 Å². The molecule has 3 unspecified atom stereocenters. The van der Waals surface area contributed by atoms with Crippen LogP contribution in [0.5, 0.6) is 0 Å². The Labute approximate surface area is 99.9 Å². The lowest BCUT2D eigenvalue weighted by Crippen LogP contribution is -2.52. The molecule has 2 nitrogen and oxygen atoms in total. The smallest absolute Gasteiger partial charge is 0.0831 e. The molecule has 0 aromatic carbocycles. The van der Waals surface area contributed by atoms with Crippen molar-refractivity contribution in [3.8, 4) is 0 Å². The Morgan fingerprint density at radius 2 is 2.12 bits per heavy atom. The molecule has 0 aromatic rings. The first-order chi connectivity index (χ1) is 7.66. The third-order valence-corrected chi connectivity index (χ3v) is 4.66. The summed E-state index contributed by atoms with van der Waals surface area (Å²) in [5.74, 6) is 1.77. The van der Waals surface area contributed by atoms with Gasteiger partial charge in [-0.2, -0.15) is 0 Å². The highest BCUT2D eigenvalue weighted by atomic mass is 16.5. The molecule has 2 rings (SSSR count). The number of nitrogens with two attached hydrogens (primary N) is 1. The quantitative estimate of drug-likeness (QED) is 0.780. The number of hydrogen-bond donors (Lipinski definition) is 1. The minimum atomic E-state index is -0.00738. The second kappa shape index (κ2) is 5.05. The molecule has 0 heterocycles. The highest BCUT2D eigenvalue weighted by Crippen LogP contribution is 2.40. The molecule has 0 aliphatic heterocycles. The van der Waals surface area contributed by atoms with Crippen LogP contribution in [0.2, 0.25) is 0 Å². The van der Waals surface area contributed by atoms with E-state index >= 15 is 0 Å². The lowest BCUT2D eigenvalue weighted by molar-refractivity contribution is -0.0727. The Balaban J connectivity index is 1.89. The zero-order chi connectivity index (χ0) is 11.6. The molecule has 16 heavy (non-hydrogen) atoms. The predicted molar refractivity (Wildman–Crippen MR) is 67.3 cm³/mol. The Morgan fingerprint density at radius 1 is 1.38 bits per heavy atom. The van der Waals surface area contributed by atoms with Crippen LogP contribution < -0.4 is 5.73 Å². The van der Waals surface area contributed by atoms with E-state index in [1.54, 1.807) is 0 Å². The van der Waals surface area contributed by atoms with Gasteiger partial charge < -0.3 is 10.5 Å². The van der Waals surface area contributed by atoms with Crippen LogP contribution >= 0.6 is 0 Å². The van der Waals surface area contributed by atoms with Crippen molar-refractivity contribution in [1.29, 1.82) is 0 Å². The normalized spacial score (nSPS) is 37.3. The molecule has 0 saturated heterocycles. The average molecular weight is 225 g/mol. The first-order valence-corrected chi connectivity index (χ1v) is 6.97. The van der Waals surface area contributed by atoms with Gasteiger partial charge in [0.2, 0.25) is 0 Å². The van der Waals surface area contributed by atoms with Crippen molar-refractivity contribution in [3.05, 3.63) is 0 Å². The Hall–Kier alpha value is -0.0800. The zero-order valence-electron chi connectivity index (χ0n) is 10.9. The standard InChI is InChI=1S/C14H27NO/c1-11-4-3-9-14(10-11,16-2)13(15)8-7-12-5-6-12/h11-13H,3-10,15H2,1-2H3. The van der Waals surface area contributed by atoms with Crippen LogP contribution in [-0.2, 0) is 4.74 Å². The van der Waals surface area contributed by atoms with Crippen molar-refractivity contribution in [2.24, 2.45) is 17.6 Å². The van der Waals surface area contributed by atoms with Gasteiger partial charge in [-0.25, -0.2) is 0 Å². The third kappa shape index (κ3) is 2.78. The maximum atomic E-state index is 6.41. The van der Waals surface area contributed by atoms with Crippen LogP contribution in [-0.4, -0.2) is 18.8 Å². The van der Waals surface area contributed by atoms with Crippen LogP contribution in [0.3, 0.4) is 0 Å². The summed E-state index contributed by atoms with van der Waals surface area (Å²) in [6.07, 6.45) is 10.3. The van der Waals surface area contributed by atoms with Gasteiger partial charge >= 0.3 is 0 Å². The molecule has 0 spiro atoms. The van der Waals surface area contributed by atoms with Gasteiger partial charge in [-0.1, -0.05) is 32.6 Å². The maximum absolute atomic E-state index is 6.41.